The summed E-state index contributed by atoms with van der Waals surface area (Å²) < 4.78 is 1.96. The first-order valence-electron chi connectivity index (χ1n) is 6.15. The van der Waals surface area contributed by atoms with Crippen LogP contribution in [0.1, 0.15) is 12.7 Å². The Bertz CT molecular complexity index is 786. The van der Waals surface area contributed by atoms with Crippen LogP contribution in [0, 0.1) is 17.0 Å². The summed E-state index contributed by atoms with van der Waals surface area (Å²) in [5, 5.41) is 19.3. The Morgan fingerprint density at radius 2 is 1.95 bits per heavy atom. The summed E-state index contributed by atoms with van der Waals surface area (Å²) in [6.07, 6.45) is 0. The molecule has 0 aliphatic rings. The van der Waals surface area contributed by atoms with Crippen LogP contribution in [-0.2, 0) is 6.54 Å². The fraction of sp³-hybridized carbons (Fsp3) is 0.250. The van der Waals surface area contributed by atoms with Gasteiger partial charge in [-0.3, -0.25) is 10.1 Å². The Labute approximate surface area is 113 Å². The minimum absolute atomic E-state index is 0.0393. The van der Waals surface area contributed by atoms with Gasteiger partial charge in [0.05, 0.1) is 10.6 Å². The molecule has 102 valence electrons. The van der Waals surface area contributed by atoms with Gasteiger partial charge in [-0.15, -0.1) is 15.0 Å². The van der Waals surface area contributed by atoms with E-state index >= 15 is 0 Å². The van der Waals surface area contributed by atoms with Crippen LogP contribution in [0.25, 0.3) is 17.0 Å². The van der Waals surface area contributed by atoms with Crippen LogP contribution in [-0.4, -0.2) is 29.5 Å². The molecule has 2 aromatic heterocycles. The molecule has 8 nitrogen and oxygen atoms in total. The van der Waals surface area contributed by atoms with E-state index in [2.05, 4.69) is 15.2 Å². The predicted molar refractivity (Wildman–Crippen MR) is 71.7 cm³/mol. The number of imidazole rings is 1. The van der Waals surface area contributed by atoms with Crippen molar-refractivity contribution in [2.45, 2.75) is 20.4 Å². The van der Waals surface area contributed by atoms with Crippen LogP contribution in [0.5, 0.6) is 0 Å². The number of aryl methyl sites for hydroxylation is 2. The van der Waals surface area contributed by atoms with E-state index in [1.165, 1.54) is 16.9 Å². The Hall–Kier alpha value is -2.77. The molecular weight excluding hydrogens is 260 g/mol. The van der Waals surface area contributed by atoms with Gasteiger partial charge in [-0.2, -0.15) is 0 Å². The molecule has 0 aliphatic carbocycles. The highest BCUT2D eigenvalue weighted by molar-refractivity contribution is 5.66. The fourth-order valence-electron chi connectivity index (χ4n) is 2.11. The van der Waals surface area contributed by atoms with E-state index in [4.69, 9.17) is 0 Å². The Morgan fingerprint density at radius 1 is 1.25 bits per heavy atom. The van der Waals surface area contributed by atoms with Crippen LogP contribution in [0.4, 0.5) is 5.69 Å². The number of fused-ring (bicyclic) bond motifs is 1. The summed E-state index contributed by atoms with van der Waals surface area (Å²) in [7, 11) is 0. The second-order valence-corrected chi connectivity index (χ2v) is 4.31. The maximum absolute atomic E-state index is 10.6. The molecule has 0 radical (unpaired) electrons. The Morgan fingerprint density at radius 3 is 2.55 bits per heavy atom. The third-order valence-electron chi connectivity index (χ3n) is 3.10. The third kappa shape index (κ3) is 1.81. The standard InChI is InChI=1S/C12H12N6O2/c1-3-16-8(2)13-11-12(16)15-17(14-11)9-4-6-10(7-5-9)18(19)20/h4-7H,3H2,1-2H3. The average molecular weight is 272 g/mol. The van der Waals surface area contributed by atoms with E-state index in [1.807, 2.05) is 18.4 Å². The van der Waals surface area contributed by atoms with Gasteiger partial charge < -0.3 is 4.57 Å². The molecule has 3 rings (SSSR count). The minimum Gasteiger partial charge on any atom is -0.310 e. The van der Waals surface area contributed by atoms with Crippen molar-refractivity contribution in [3.8, 4) is 5.69 Å². The van der Waals surface area contributed by atoms with E-state index in [0.29, 0.717) is 17.0 Å². The van der Waals surface area contributed by atoms with Gasteiger partial charge in [-0.05, 0) is 26.0 Å². The number of aromatic nitrogens is 5. The second-order valence-electron chi connectivity index (χ2n) is 4.31. The molecular formula is C12H12N6O2. The largest absolute Gasteiger partial charge is 0.310 e. The van der Waals surface area contributed by atoms with Crippen molar-refractivity contribution in [1.29, 1.82) is 0 Å². The molecule has 0 spiro atoms. The first-order valence-corrected chi connectivity index (χ1v) is 6.15. The number of benzene rings is 1. The van der Waals surface area contributed by atoms with Gasteiger partial charge in [0.15, 0.2) is 0 Å². The highest BCUT2D eigenvalue weighted by Gasteiger charge is 2.13. The molecule has 20 heavy (non-hydrogen) atoms. The third-order valence-corrected chi connectivity index (χ3v) is 3.10. The molecule has 2 heterocycles. The molecule has 0 aliphatic heterocycles. The maximum atomic E-state index is 10.6. The van der Waals surface area contributed by atoms with Gasteiger partial charge in [0.25, 0.3) is 5.69 Å². The van der Waals surface area contributed by atoms with Gasteiger partial charge >= 0.3 is 0 Å². The zero-order valence-electron chi connectivity index (χ0n) is 11.0. The molecule has 1 aromatic carbocycles. The van der Waals surface area contributed by atoms with Crippen LogP contribution >= 0.6 is 0 Å². The lowest BCUT2D eigenvalue weighted by molar-refractivity contribution is -0.384. The second kappa shape index (κ2) is 4.41. The molecule has 0 fully saturated rings. The molecule has 8 heteroatoms. The van der Waals surface area contributed by atoms with Crippen molar-refractivity contribution in [2.75, 3.05) is 0 Å². The fourth-order valence-corrected chi connectivity index (χ4v) is 2.11. The van der Waals surface area contributed by atoms with Crippen LogP contribution in [0.15, 0.2) is 24.3 Å². The smallest absolute Gasteiger partial charge is 0.269 e. The van der Waals surface area contributed by atoms with Gasteiger partial charge in [0.1, 0.15) is 5.82 Å². The van der Waals surface area contributed by atoms with E-state index in [-0.39, 0.29) is 5.69 Å². The monoisotopic (exact) mass is 272 g/mol. The zero-order chi connectivity index (χ0) is 14.3. The highest BCUT2D eigenvalue weighted by atomic mass is 16.6. The molecule has 0 amide bonds. The number of rotatable bonds is 3. The van der Waals surface area contributed by atoms with Gasteiger partial charge in [0.2, 0.25) is 11.3 Å². The molecule has 0 saturated carbocycles. The summed E-state index contributed by atoms with van der Waals surface area (Å²) in [6, 6.07) is 6.08. The predicted octanol–water partition coefficient (Wildman–Crippen LogP) is 1.85. The summed E-state index contributed by atoms with van der Waals surface area (Å²) in [5.41, 5.74) is 1.98. The average Bonchev–Trinajstić information content (AvgIpc) is 2.95. The van der Waals surface area contributed by atoms with E-state index in [9.17, 15) is 10.1 Å². The van der Waals surface area contributed by atoms with Crippen molar-refractivity contribution < 1.29 is 4.92 Å². The lowest BCUT2D eigenvalue weighted by atomic mass is 10.3. The number of hydrogen-bond acceptors (Lipinski definition) is 5. The molecule has 0 bridgehead atoms. The van der Waals surface area contributed by atoms with Gasteiger partial charge in [0, 0.05) is 18.7 Å². The van der Waals surface area contributed by atoms with Gasteiger partial charge in [-0.1, -0.05) is 0 Å². The molecule has 0 atom stereocenters. The van der Waals surface area contributed by atoms with E-state index in [1.54, 1.807) is 12.1 Å². The number of nitrogens with zero attached hydrogens (tertiary/aromatic N) is 6. The molecule has 3 aromatic rings. The summed E-state index contributed by atoms with van der Waals surface area (Å²) >= 11 is 0. The first-order chi connectivity index (χ1) is 9.60. The van der Waals surface area contributed by atoms with Gasteiger partial charge in [-0.25, -0.2) is 4.98 Å². The number of non-ortho nitro benzene ring substituents is 1. The minimum atomic E-state index is -0.438. The van der Waals surface area contributed by atoms with Crippen LogP contribution in [0.2, 0.25) is 0 Å². The van der Waals surface area contributed by atoms with Crippen molar-refractivity contribution >= 4 is 17.0 Å². The van der Waals surface area contributed by atoms with Crippen molar-refractivity contribution in [3.63, 3.8) is 0 Å². The molecule has 0 N–H and O–H groups in total. The van der Waals surface area contributed by atoms with Crippen molar-refractivity contribution in [2.24, 2.45) is 0 Å². The molecule has 0 unspecified atom stereocenters. The topological polar surface area (TPSA) is 91.7 Å². The number of nitro benzene ring substituents is 1. The van der Waals surface area contributed by atoms with E-state index in [0.717, 1.165) is 12.4 Å². The van der Waals surface area contributed by atoms with Crippen molar-refractivity contribution in [1.82, 2.24) is 24.5 Å². The zero-order valence-corrected chi connectivity index (χ0v) is 11.0. The van der Waals surface area contributed by atoms with Crippen molar-refractivity contribution in [3.05, 3.63) is 40.2 Å². The normalized spacial score (nSPS) is 11.1. The lowest BCUT2D eigenvalue weighted by Crippen LogP contribution is -2.02. The molecule has 0 saturated heterocycles. The first kappa shape index (κ1) is 12.3. The SMILES string of the molecule is CCn1c(C)nc2nn(-c3ccc([N+](=O)[O-])cc3)nc21. The lowest BCUT2D eigenvalue weighted by Gasteiger charge is -2.00. The quantitative estimate of drug-likeness (QED) is 0.536. The number of hydrogen-bond donors (Lipinski definition) is 0. The number of nitro groups is 1. The summed E-state index contributed by atoms with van der Waals surface area (Å²) in [6.45, 7) is 4.68. The Kier molecular flexibility index (Phi) is 2.70. The highest BCUT2D eigenvalue weighted by Crippen LogP contribution is 2.17. The van der Waals surface area contributed by atoms with Crippen LogP contribution < -0.4 is 0 Å². The summed E-state index contributed by atoms with van der Waals surface area (Å²) in [5.74, 6) is 0.869. The summed E-state index contributed by atoms with van der Waals surface area (Å²) in [4.78, 5) is 16.0. The Balaban J connectivity index is 2.06. The van der Waals surface area contributed by atoms with E-state index < -0.39 is 4.92 Å². The van der Waals surface area contributed by atoms with Crippen LogP contribution in [0.3, 0.4) is 0 Å². The maximum Gasteiger partial charge on any atom is 0.269 e.